The number of imidazole rings is 1. The van der Waals surface area contributed by atoms with Crippen LogP contribution >= 0.6 is 0 Å². The molecule has 10 heteroatoms. The fraction of sp³-hybridized carbons (Fsp3) is 0.375. The molecule has 1 fully saturated rings. The van der Waals surface area contributed by atoms with Crippen molar-refractivity contribution in [1.82, 2.24) is 24.9 Å². The summed E-state index contributed by atoms with van der Waals surface area (Å²) in [6.07, 6.45) is 1.60. The lowest BCUT2D eigenvalue weighted by Crippen LogP contribution is -2.35. The maximum absolute atomic E-state index is 13.1. The number of sulfonamides is 1. The van der Waals surface area contributed by atoms with E-state index in [1.54, 1.807) is 30.3 Å². The van der Waals surface area contributed by atoms with Crippen LogP contribution in [0.3, 0.4) is 0 Å². The number of carbonyl (C=O) groups is 2. The zero-order valence-corrected chi connectivity index (χ0v) is 19.7. The van der Waals surface area contributed by atoms with E-state index in [2.05, 4.69) is 20.6 Å². The van der Waals surface area contributed by atoms with Crippen molar-refractivity contribution in [3.8, 4) is 0 Å². The fourth-order valence-electron chi connectivity index (χ4n) is 4.12. The van der Waals surface area contributed by atoms with Crippen LogP contribution in [0.25, 0.3) is 11.0 Å². The largest absolute Gasteiger partial charge is 0.356 e. The van der Waals surface area contributed by atoms with Crippen LogP contribution in [0.4, 0.5) is 0 Å². The number of hydrogen-bond donors (Lipinski definition) is 3. The Kier molecular flexibility index (Phi) is 7.59. The average Bonchev–Trinajstić information content (AvgIpc) is 3.25. The van der Waals surface area contributed by atoms with Gasteiger partial charge < -0.3 is 15.6 Å². The van der Waals surface area contributed by atoms with Gasteiger partial charge in [0.05, 0.1) is 22.5 Å². The quantitative estimate of drug-likeness (QED) is 0.513. The summed E-state index contributed by atoms with van der Waals surface area (Å²) >= 11 is 0. The van der Waals surface area contributed by atoms with Crippen molar-refractivity contribution >= 4 is 32.9 Å². The van der Waals surface area contributed by atoms with Crippen LogP contribution in [0.1, 0.15) is 31.5 Å². The SMILES string of the molecule is O=C1CCN(S(=O)(=O)c2ccccc2)CCCC(C(=O)NCc2nc3ccccc3[nH]2)CCN1. The molecular formula is C24H29N5O4S. The molecule has 0 radical (unpaired) electrons. The van der Waals surface area contributed by atoms with Crippen LogP contribution in [0.2, 0.25) is 0 Å². The zero-order valence-electron chi connectivity index (χ0n) is 18.9. The van der Waals surface area contributed by atoms with Crippen LogP contribution in [0, 0.1) is 5.92 Å². The second-order valence-corrected chi connectivity index (χ2v) is 10.3. The topological polar surface area (TPSA) is 124 Å². The van der Waals surface area contributed by atoms with Crippen molar-refractivity contribution < 1.29 is 18.0 Å². The Morgan fingerprint density at radius 2 is 1.82 bits per heavy atom. The van der Waals surface area contributed by atoms with E-state index in [0.717, 1.165) is 11.0 Å². The van der Waals surface area contributed by atoms with Crippen LogP contribution in [-0.4, -0.2) is 54.1 Å². The molecule has 1 unspecified atom stereocenters. The van der Waals surface area contributed by atoms with Crippen molar-refractivity contribution in [2.24, 2.45) is 5.92 Å². The number of fused-ring (bicyclic) bond motifs is 1. The number of nitrogens with zero attached hydrogens (tertiary/aromatic N) is 2. The summed E-state index contributed by atoms with van der Waals surface area (Å²) in [6, 6.07) is 15.9. The Morgan fingerprint density at radius 3 is 2.62 bits per heavy atom. The minimum Gasteiger partial charge on any atom is -0.356 e. The van der Waals surface area contributed by atoms with Gasteiger partial charge in [0, 0.05) is 32.0 Å². The third-order valence-electron chi connectivity index (χ3n) is 5.98. The number of hydrogen-bond acceptors (Lipinski definition) is 5. The van der Waals surface area contributed by atoms with E-state index >= 15 is 0 Å². The molecule has 180 valence electrons. The lowest BCUT2D eigenvalue weighted by molar-refractivity contribution is -0.126. The molecule has 2 amide bonds. The number of amides is 2. The Balaban J connectivity index is 1.41. The number of H-pyrrole nitrogens is 1. The van der Waals surface area contributed by atoms with Crippen LogP contribution in [0.5, 0.6) is 0 Å². The first-order valence-corrected chi connectivity index (χ1v) is 12.9. The van der Waals surface area contributed by atoms with Crippen molar-refractivity contribution in [2.75, 3.05) is 19.6 Å². The Labute approximate surface area is 199 Å². The normalized spacial score (nSPS) is 18.7. The number of aromatic amines is 1. The summed E-state index contributed by atoms with van der Waals surface area (Å²) in [5.41, 5.74) is 1.74. The average molecular weight is 484 g/mol. The minimum atomic E-state index is -3.72. The summed E-state index contributed by atoms with van der Waals surface area (Å²) in [5.74, 6) is -0.0354. The van der Waals surface area contributed by atoms with Gasteiger partial charge in [-0.2, -0.15) is 4.31 Å². The molecule has 1 aliphatic heterocycles. The molecule has 1 atom stereocenters. The van der Waals surface area contributed by atoms with E-state index in [1.807, 2.05) is 24.3 Å². The molecule has 0 bridgehead atoms. The number of rotatable bonds is 5. The Bertz CT molecular complexity index is 1210. The number of benzene rings is 2. The third-order valence-corrected chi connectivity index (χ3v) is 7.90. The molecule has 2 aromatic carbocycles. The van der Waals surface area contributed by atoms with Gasteiger partial charge in [0.25, 0.3) is 0 Å². The standard InChI is InChI=1S/C24H29N5O4S/c30-23-13-16-29(34(32,33)19-8-2-1-3-9-19)15-6-7-18(12-14-25-23)24(31)26-17-22-27-20-10-4-5-11-21(20)28-22/h1-5,8-11,18H,6-7,12-17H2,(H,25,30)(H,26,31)(H,27,28). The first-order chi connectivity index (χ1) is 16.4. The molecule has 9 nitrogen and oxygen atoms in total. The van der Waals surface area contributed by atoms with Gasteiger partial charge in [0.2, 0.25) is 21.8 Å². The highest BCUT2D eigenvalue weighted by Gasteiger charge is 2.27. The first kappa shape index (κ1) is 23.9. The van der Waals surface area contributed by atoms with Crippen LogP contribution < -0.4 is 10.6 Å². The summed E-state index contributed by atoms with van der Waals surface area (Å²) in [5, 5.41) is 5.74. The van der Waals surface area contributed by atoms with Gasteiger partial charge in [-0.25, -0.2) is 13.4 Å². The first-order valence-electron chi connectivity index (χ1n) is 11.5. The van der Waals surface area contributed by atoms with E-state index in [1.165, 1.54) is 4.31 Å². The molecule has 0 saturated carbocycles. The summed E-state index contributed by atoms with van der Waals surface area (Å²) in [7, 11) is -3.72. The highest BCUT2D eigenvalue weighted by atomic mass is 32.2. The summed E-state index contributed by atoms with van der Waals surface area (Å²) in [6.45, 7) is 0.988. The number of para-hydroxylation sites is 2. The van der Waals surface area contributed by atoms with Gasteiger partial charge in [-0.1, -0.05) is 30.3 Å². The van der Waals surface area contributed by atoms with Crippen molar-refractivity contribution in [2.45, 2.75) is 37.1 Å². The van der Waals surface area contributed by atoms with Crippen molar-refractivity contribution in [3.63, 3.8) is 0 Å². The van der Waals surface area contributed by atoms with Gasteiger partial charge >= 0.3 is 0 Å². The molecule has 34 heavy (non-hydrogen) atoms. The molecule has 0 aliphatic carbocycles. The van der Waals surface area contributed by atoms with E-state index < -0.39 is 10.0 Å². The fourth-order valence-corrected chi connectivity index (χ4v) is 5.62. The van der Waals surface area contributed by atoms with Gasteiger partial charge in [-0.05, 0) is 43.5 Å². The van der Waals surface area contributed by atoms with Crippen molar-refractivity contribution in [1.29, 1.82) is 0 Å². The monoisotopic (exact) mass is 483 g/mol. The predicted molar refractivity (Wildman–Crippen MR) is 128 cm³/mol. The minimum absolute atomic E-state index is 0.0784. The lowest BCUT2D eigenvalue weighted by atomic mass is 9.98. The molecule has 1 aliphatic rings. The van der Waals surface area contributed by atoms with E-state index in [0.29, 0.717) is 31.6 Å². The highest BCUT2D eigenvalue weighted by molar-refractivity contribution is 7.89. The second kappa shape index (κ2) is 10.8. The molecule has 1 aromatic heterocycles. The lowest BCUT2D eigenvalue weighted by Gasteiger charge is -2.22. The smallest absolute Gasteiger partial charge is 0.243 e. The molecule has 2 heterocycles. The summed E-state index contributed by atoms with van der Waals surface area (Å²) < 4.78 is 27.5. The molecule has 4 rings (SSSR count). The molecule has 1 saturated heterocycles. The van der Waals surface area contributed by atoms with E-state index in [-0.39, 0.29) is 48.7 Å². The number of nitrogens with one attached hydrogen (secondary N) is 3. The molecular weight excluding hydrogens is 454 g/mol. The van der Waals surface area contributed by atoms with E-state index in [4.69, 9.17) is 0 Å². The third kappa shape index (κ3) is 5.81. The molecule has 0 spiro atoms. The highest BCUT2D eigenvalue weighted by Crippen LogP contribution is 2.19. The Hall–Kier alpha value is -3.24. The van der Waals surface area contributed by atoms with Gasteiger partial charge in [0.1, 0.15) is 5.82 Å². The summed E-state index contributed by atoms with van der Waals surface area (Å²) in [4.78, 5) is 33.0. The van der Waals surface area contributed by atoms with Crippen LogP contribution in [0.15, 0.2) is 59.5 Å². The number of aromatic nitrogens is 2. The van der Waals surface area contributed by atoms with Gasteiger partial charge in [-0.3, -0.25) is 9.59 Å². The van der Waals surface area contributed by atoms with E-state index in [9.17, 15) is 18.0 Å². The van der Waals surface area contributed by atoms with Gasteiger partial charge in [-0.15, -0.1) is 0 Å². The maximum Gasteiger partial charge on any atom is 0.243 e. The maximum atomic E-state index is 13.1. The Morgan fingerprint density at radius 1 is 1.06 bits per heavy atom. The van der Waals surface area contributed by atoms with Crippen molar-refractivity contribution in [3.05, 3.63) is 60.4 Å². The number of carbonyl (C=O) groups excluding carboxylic acids is 2. The molecule has 3 N–H and O–H groups in total. The van der Waals surface area contributed by atoms with Crippen LogP contribution in [-0.2, 0) is 26.2 Å². The second-order valence-electron chi connectivity index (χ2n) is 8.36. The molecule has 3 aromatic rings. The zero-order chi connectivity index (χ0) is 24.0. The van der Waals surface area contributed by atoms with Gasteiger partial charge in [0.15, 0.2) is 0 Å². The predicted octanol–water partition coefficient (Wildman–Crippen LogP) is 2.18.